The zero-order chi connectivity index (χ0) is 13.0. The van der Waals surface area contributed by atoms with Gasteiger partial charge in [-0.25, -0.2) is 0 Å². The lowest BCUT2D eigenvalue weighted by Gasteiger charge is -2.08. The maximum atomic E-state index is 10.7. The van der Waals surface area contributed by atoms with Crippen molar-refractivity contribution in [2.75, 3.05) is 0 Å². The predicted molar refractivity (Wildman–Crippen MR) is 72.4 cm³/mol. The molecule has 0 saturated heterocycles. The molecule has 1 unspecified atom stereocenters. The highest BCUT2D eigenvalue weighted by molar-refractivity contribution is 7.78. The van der Waals surface area contributed by atoms with Crippen LogP contribution in [0.15, 0.2) is 48.5 Å². The normalized spacial score (nSPS) is 12.3. The van der Waals surface area contributed by atoms with Crippen molar-refractivity contribution in [2.45, 2.75) is 12.3 Å². The van der Waals surface area contributed by atoms with E-state index in [1.807, 2.05) is 48.5 Å². The zero-order valence-corrected chi connectivity index (χ0v) is 10.7. The molecule has 3 nitrogen and oxygen atoms in total. The van der Waals surface area contributed by atoms with Gasteiger partial charge in [-0.1, -0.05) is 59.6 Å². The Morgan fingerprint density at radius 3 is 2.33 bits per heavy atom. The summed E-state index contributed by atoms with van der Waals surface area (Å²) >= 11 is -2.05. The molecule has 0 aliphatic carbocycles. The van der Waals surface area contributed by atoms with Crippen molar-refractivity contribution < 1.29 is 8.76 Å². The molecular weight excluding hydrogens is 246 g/mol. The Morgan fingerprint density at radius 2 is 1.72 bits per heavy atom. The molecule has 0 radical (unpaired) electrons. The Hall–Kier alpha value is -1.49. The molecule has 0 amide bonds. The minimum atomic E-state index is -2.05. The van der Waals surface area contributed by atoms with E-state index in [0.29, 0.717) is 6.54 Å². The van der Waals surface area contributed by atoms with E-state index in [1.165, 1.54) is 0 Å². The van der Waals surface area contributed by atoms with Gasteiger partial charge in [0.1, 0.15) is 0 Å². The predicted octanol–water partition coefficient (Wildman–Crippen LogP) is 2.19. The molecule has 2 aromatic carbocycles. The van der Waals surface area contributed by atoms with Crippen molar-refractivity contribution in [3.8, 4) is 11.1 Å². The van der Waals surface area contributed by atoms with Gasteiger partial charge in [-0.2, -0.15) is 0 Å². The number of benzene rings is 2. The first-order chi connectivity index (χ1) is 8.69. The molecule has 2 aromatic rings. The highest BCUT2D eigenvalue weighted by atomic mass is 32.2. The van der Waals surface area contributed by atoms with Gasteiger partial charge in [0.15, 0.2) is 0 Å². The molecule has 1 atom stereocenters. The van der Waals surface area contributed by atoms with Crippen molar-refractivity contribution in [1.29, 1.82) is 0 Å². The third kappa shape index (κ3) is 3.26. The zero-order valence-electron chi connectivity index (χ0n) is 9.84. The van der Waals surface area contributed by atoms with Crippen LogP contribution in [0.2, 0.25) is 0 Å². The molecule has 2 N–H and O–H groups in total. The molecule has 2 rings (SSSR count). The molecule has 0 aromatic heterocycles. The van der Waals surface area contributed by atoms with E-state index in [4.69, 9.17) is 5.73 Å². The van der Waals surface area contributed by atoms with Gasteiger partial charge in [-0.05, 0) is 22.3 Å². The highest BCUT2D eigenvalue weighted by Gasteiger charge is 2.00. The fourth-order valence-electron chi connectivity index (χ4n) is 1.81. The molecule has 0 spiro atoms. The highest BCUT2D eigenvalue weighted by Crippen LogP contribution is 2.21. The van der Waals surface area contributed by atoms with Crippen molar-refractivity contribution in [1.82, 2.24) is 0 Å². The van der Waals surface area contributed by atoms with Crippen molar-refractivity contribution in [3.63, 3.8) is 0 Å². The van der Waals surface area contributed by atoms with Crippen LogP contribution >= 0.6 is 0 Å². The lowest BCUT2D eigenvalue weighted by Crippen LogP contribution is -1.95. The lowest BCUT2D eigenvalue weighted by molar-refractivity contribution is 0.536. The molecule has 0 heterocycles. The van der Waals surface area contributed by atoms with Crippen LogP contribution in [0.4, 0.5) is 0 Å². The average molecular weight is 260 g/mol. The number of hydrogen-bond donors (Lipinski definition) is 1. The van der Waals surface area contributed by atoms with Crippen LogP contribution in [-0.4, -0.2) is 8.76 Å². The minimum Gasteiger partial charge on any atom is -0.772 e. The first-order valence-electron chi connectivity index (χ1n) is 5.63. The van der Waals surface area contributed by atoms with Gasteiger partial charge in [0.25, 0.3) is 0 Å². The standard InChI is InChI=1S/C14H15NO2S/c15-9-11-4-6-13(7-5-11)14-3-1-2-12(8-14)10-18(16)17/h1-8H,9-10,15H2,(H,16,17)/p-1. The van der Waals surface area contributed by atoms with Crippen molar-refractivity contribution in [3.05, 3.63) is 59.7 Å². The Labute approximate surface area is 109 Å². The van der Waals surface area contributed by atoms with E-state index in [9.17, 15) is 8.76 Å². The minimum absolute atomic E-state index is 0.0503. The summed E-state index contributed by atoms with van der Waals surface area (Å²) in [5, 5.41) is 0. The number of nitrogens with two attached hydrogens (primary N) is 1. The fraction of sp³-hybridized carbons (Fsp3) is 0.143. The first kappa shape index (κ1) is 13.0. The molecule has 0 aliphatic rings. The second-order valence-electron chi connectivity index (χ2n) is 4.05. The van der Waals surface area contributed by atoms with E-state index in [2.05, 4.69) is 0 Å². The molecule has 4 heteroatoms. The van der Waals surface area contributed by atoms with Crippen LogP contribution in [-0.2, 0) is 23.4 Å². The van der Waals surface area contributed by atoms with Crippen LogP contribution in [0, 0.1) is 0 Å². The first-order valence-corrected chi connectivity index (χ1v) is 6.87. The van der Waals surface area contributed by atoms with Gasteiger partial charge < -0.3 is 10.3 Å². The SMILES string of the molecule is NCc1ccc(-c2cccc(CS(=O)[O-])c2)cc1. The second kappa shape index (κ2) is 5.91. The van der Waals surface area contributed by atoms with E-state index in [1.54, 1.807) is 0 Å². The smallest absolute Gasteiger partial charge is 0.0353 e. The summed E-state index contributed by atoms with van der Waals surface area (Å²) in [6, 6.07) is 15.5. The van der Waals surface area contributed by atoms with Gasteiger partial charge in [-0.15, -0.1) is 0 Å². The summed E-state index contributed by atoms with van der Waals surface area (Å²) in [6.45, 7) is 0.523. The van der Waals surface area contributed by atoms with Crippen LogP contribution in [0.25, 0.3) is 11.1 Å². The van der Waals surface area contributed by atoms with Gasteiger partial charge in [0, 0.05) is 12.3 Å². The Bertz CT molecular complexity index is 552. The van der Waals surface area contributed by atoms with Gasteiger partial charge in [-0.3, -0.25) is 4.21 Å². The van der Waals surface area contributed by atoms with Gasteiger partial charge >= 0.3 is 0 Å². The third-order valence-electron chi connectivity index (χ3n) is 2.73. The summed E-state index contributed by atoms with van der Waals surface area (Å²) in [6.07, 6.45) is 0. The summed E-state index contributed by atoms with van der Waals surface area (Å²) in [5.41, 5.74) is 9.50. The molecule has 18 heavy (non-hydrogen) atoms. The van der Waals surface area contributed by atoms with Crippen molar-refractivity contribution >= 4 is 11.1 Å². The summed E-state index contributed by atoms with van der Waals surface area (Å²) in [7, 11) is 0. The quantitative estimate of drug-likeness (QED) is 0.857. The third-order valence-corrected chi connectivity index (χ3v) is 3.30. The molecule has 0 saturated carbocycles. The largest absolute Gasteiger partial charge is 0.772 e. The average Bonchev–Trinajstić information content (AvgIpc) is 2.38. The fourth-order valence-corrected chi connectivity index (χ4v) is 2.26. The molecule has 94 valence electrons. The van der Waals surface area contributed by atoms with E-state index < -0.39 is 11.1 Å². The lowest BCUT2D eigenvalue weighted by atomic mass is 10.0. The summed E-state index contributed by atoms with van der Waals surface area (Å²) in [5.74, 6) is 0.0503. The van der Waals surface area contributed by atoms with Gasteiger partial charge in [0.2, 0.25) is 0 Å². The number of rotatable bonds is 4. The van der Waals surface area contributed by atoms with Crippen molar-refractivity contribution in [2.24, 2.45) is 5.73 Å². The van der Waals surface area contributed by atoms with Crippen LogP contribution in [0.5, 0.6) is 0 Å². The molecule has 0 bridgehead atoms. The summed E-state index contributed by atoms with van der Waals surface area (Å²) in [4.78, 5) is 0. The Balaban J connectivity index is 2.29. The molecule has 0 aliphatic heterocycles. The Kier molecular flexibility index (Phi) is 4.25. The Morgan fingerprint density at radius 1 is 1.00 bits per heavy atom. The molecular formula is C14H14NO2S-. The topological polar surface area (TPSA) is 66.2 Å². The van der Waals surface area contributed by atoms with Gasteiger partial charge in [0.05, 0.1) is 0 Å². The summed E-state index contributed by atoms with van der Waals surface area (Å²) < 4.78 is 21.4. The number of hydrogen-bond acceptors (Lipinski definition) is 3. The monoisotopic (exact) mass is 260 g/mol. The van der Waals surface area contributed by atoms with Crippen LogP contribution < -0.4 is 5.73 Å². The van der Waals surface area contributed by atoms with Crippen LogP contribution in [0.3, 0.4) is 0 Å². The molecule has 0 fully saturated rings. The second-order valence-corrected chi connectivity index (χ2v) is 4.95. The van der Waals surface area contributed by atoms with E-state index in [-0.39, 0.29) is 5.75 Å². The van der Waals surface area contributed by atoms with E-state index in [0.717, 1.165) is 22.3 Å². The van der Waals surface area contributed by atoms with E-state index >= 15 is 0 Å². The van der Waals surface area contributed by atoms with Crippen LogP contribution in [0.1, 0.15) is 11.1 Å². The maximum absolute atomic E-state index is 10.7. The maximum Gasteiger partial charge on any atom is 0.0353 e.